The van der Waals surface area contributed by atoms with Crippen LogP contribution in [0.3, 0.4) is 0 Å². The molecule has 124 valence electrons. The molecule has 1 amide bonds. The molecular formula is C18H25N3O2. The third kappa shape index (κ3) is 6.29. The smallest absolute Gasteiger partial charge is 0.234 e. The molecule has 0 bridgehead atoms. The molecule has 0 saturated carbocycles. The van der Waals surface area contributed by atoms with Crippen molar-refractivity contribution >= 4 is 5.91 Å². The molecule has 1 aromatic rings. The molecule has 0 radical (unpaired) electrons. The Morgan fingerprint density at radius 3 is 2.65 bits per heavy atom. The van der Waals surface area contributed by atoms with Crippen LogP contribution in [0.25, 0.3) is 0 Å². The standard InChI is InChI=1S/C18H25N3O2/c19-10-1-11-20-18(23)14-21-12-8-16(9-13-21)3-2-15-4-6-17(22)7-5-15/h4-7,16,22H,1-3,8-9,11-14H2,(H,20,23). The molecule has 2 N–H and O–H groups in total. The summed E-state index contributed by atoms with van der Waals surface area (Å²) in [6.45, 7) is 2.81. The number of nitrogens with zero attached hydrogens (tertiary/aromatic N) is 2. The van der Waals surface area contributed by atoms with Gasteiger partial charge in [0.1, 0.15) is 5.75 Å². The number of phenolic OH excluding ortho intramolecular Hbond substituents is 1. The molecule has 1 aromatic carbocycles. The zero-order valence-corrected chi connectivity index (χ0v) is 13.5. The molecule has 0 aliphatic carbocycles. The minimum atomic E-state index is 0.0165. The number of carbonyl (C=O) groups is 1. The number of nitriles is 1. The first-order valence-electron chi connectivity index (χ1n) is 8.31. The second-order valence-corrected chi connectivity index (χ2v) is 6.18. The highest BCUT2D eigenvalue weighted by molar-refractivity contribution is 5.78. The van der Waals surface area contributed by atoms with Gasteiger partial charge in [-0.25, -0.2) is 0 Å². The molecule has 1 aliphatic heterocycles. The van der Waals surface area contributed by atoms with Crippen LogP contribution in [0.1, 0.15) is 31.2 Å². The summed E-state index contributed by atoms with van der Waals surface area (Å²) in [5.74, 6) is 1.04. The Labute approximate surface area is 137 Å². The normalized spacial score (nSPS) is 16.0. The highest BCUT2D eigenvalue weighted by Crippen LogP contribution is 2.22. The van der Waals surface area contributed by atoms with E-state index in [0.29, 0.717) is 31.2 Å². The summed E-state index contributed by atoms with van der Waals surface area (Å²) in [5, 5.41) is 20.5. The minimum absolute atomic E-state index is 0.0165. The Hall–Kier alpha value is -2.06. The van der Waals surface area contributed by atoms with E-state index < -0.39 is 0 Å². The molecule has 0 spiro atoms. The lowest BCUT2D eigenvalue weighted by Crippen LogP contribution is -2.41. The number of piperidine rings is 1. The van der Waals surface area contributed by atoms with E-state index in [4.69, 9.17) is 5.26 Å². The van der Waals surface area contributed by atoms with Gasteiger partial charge in [-0.3, -0.25) is 9.69 Å². The molecular weight excluding hydrogens is 290 g/mol. The van der Waals surface area contributed by atoms with Gasteiger partial charge in [0.05, 0.1) is 19.0 Å². The lowest BCUT2D eigenvalue weighted by Gasteiger charge is -2.31. The highest BCUT2D eigenvalue weighted by atomic mass is 16.3. The molecule has 1 heterocycles. The van der Waals surface area contributed by atoms with E-state index >= 15 is 0 Å². The number of nitrogens with one attached hydrogen (secondary N) is 1. The van der Waals surface area contributed by atoms with Crippen molar-refractivity contribution < 1.29 is 9.90 Å². The van der Waals surface area contributed by atoms with Crippen molar-refractivity contribution in [2.75, 3.05) is 26.2 Å². The molecule has 1 aliphatic rings. The SMILES string of the molecule is N#CCCNC(=O)CN1CCC(CCc2ccc(O)cc2)CC1. The van der Waals surface area contributed by atoms with Gasteiger partial charge in [0, 0.05) is 6.54 Å². The summed E-state index contributed by atoms with van der Waals surface area (Å²) in [7, 11) is 0. The fourth-order valence-corrected chi connectivity index (χ4v) is 2.98. The van der Waals surface area contributed by atoms with Crippen LogP contribution in [0.15, 0.2) is 24.3 Å². The fraction of sp³-hybridized carbons (Fsp3) is 0.556. The molecule has 0 aromatic heterocycles. The van der Waals surface area contributed by atoms with Gasteiger partial charge in [0.25, 0.3) is 0 Å². The molecule has 23 heavy (non-hydrogen) atoms. The fourth-order valence-electron chi connectivity index (χ4n) is 2.98. The van der Waals surface area contributed by atoms with Crippen molar-refractivity contribution in [3.63, 3.8) is 0 Å². The second-order valence-electron chi connectivity index (χ2n) is 6.18. The van der Waals surface area contributed by atoms with Crippen LogP contribution in [0.4, 0.5) is 0 Å². The van der Waals surface area contributed by atoms with Crippen molar-refractivity contribution in [3.8, 4) is 11.8 Å². The highest BCUT2D eigenvalue weighted by Gasteiger charge is 2.20. The zero-order valence-electron chi connectivity index (χ0n) is 13.5. The van der Waals surface area contributed by atoms with Crippen LogP contribution < -0.4 is 5.32 Å². The van der Waals surface area contributed by atoms with Crippen LogP contribution in [0.5, 0.6) is 5.75 Å². The maximum atomic E-state index is 11.7. The summed E-state index contributed by atoms with van der Waals surface area (Å²) in [6.07, 6.45) is 4.82. The number of amides is 1. The van der Waals surface area contributed by atoms with Crippen molar-refractivity contribution in [3.05, 3.63) is 29.8 Å². The van der Waals surface area contributed by atoms with Crippen LogP contribution in [0, 0.1) is 17.2 Å². The van der Waals surface area contributed by atoms with Crippen molar-refractivity contribution in [2.24, 2.45) is 5.92 Å². The van der Waals surface area contributed by atoms with Gasteiger partial charge in [-0.2, -0.15) is 5.26 Å². The lowest BCUT2D eigenvalue weighted by atomic mass is 9.90. The molecule has 0 unspecified atom stereocenters. The first-order valence-corrected chi connectivity index (χ1v) is 8.31. The van der Waals surface area contributed by atoms with Gasteiger partial charge >= 0.3 is 0 Å². The maximum Gasteiger partial charge on any atom is 0.234 e. The van der Waals surface area contributed by atoms with Crippen LogP contribution in [-0.4, -0.2) is 42.1 Å². The number of phenols is 1. The van der Waals surface area contributed by atoms with E-state index in [0.717, 1.165) is 38.8 Å². The summed E-state index contributed by atoms with van der Waals surface area (Å²) >= 11 is 0. The predicted molar refractivity (Wildman–Crippen MR) is 88.8 cm³/mol. The van der Waals surface area contributed by atoms with E-state index in [2.05, 4.69) is 10.2 Å². The number of carbonyl (C=O) groups excluding carboxylic acids is 1. The van der Waals surface area contributed by atoms with Crippen LogP contribution >= 0.6 is 0 Å². The van der Waals surface area contributed by atoms with Crippen molar-refractivity contribution in [1.82, 2.24) is 10.2 Å². The van der Waals surface area contributed by atoms with Crippen LogP contribution in [-0.2, 0) is 11.2 Å². The van der Waals surface area contributed by atoms with Gasteiger partial charge < -0.3 is 10.4 Å². The topological polar surface area (TPSA) is 76.4 Å². The quantitative estimate of drug-likeness (QED) is 0.755. The number of rotatable bonds is 7. The molecule has 1 saturated heterocycles. The van der Waals surface area contributed by atoms with E-state index in [-0.39, 0.29) is 5.91 Å². The first-order chi connectivity index (χ1) is 11.2. The Morgan fingerprint density at radius 1 is 1.30 bits per heavy atom. The van der Waals surface area contributed by atoms with Crippen molar-refractivity contribution in [1.29, 1.82) is 5.26 Å². The number of hydrogen-bond donors (Lipinski definition) is 2. The van der Waals surface area contributed by atoms with Gasteiger partial charge in [-0.15, -0.1) is 0 Å². The summed E-state index contributed by atoms with van der Waals surface area (Å²) in [6, 6.07) is 9.46. The van der Waals surface area contributed by atoms with Crippen LogP contribution in [0.2, 0.25) is 0 Å². The number of benzene rings is 1. The molecule has 1 fully saturated rings. The molecule has 2 rings (SSSR count). The molecule has 5 nitrogen and oxygen atoms in total. The molecule has 0 atom stereocenters. The number of hydrogen-bond acceptors (Lipinski definition) is 4. The summed E-state index contributed by atoms with van der Waals surface area (Å²) in [5.41, 5.74) is 1.27. The Kier molecular flexibility index (Phi) is 6.89. The van der Waals surface area contributed by atoms with E-state index in [1.807, 2.05) is 18.2 Å². The number of aromatic hydroxyl groups is 1. The van der Waals surface area contributed by atoms with Gasteiger partial charge in [-0.05, 0) is 62.4 Å². The van der Waals surface area contributed by atoms with Gasteiger partial charge in [-0.1, -0.05) is 12.1 Å². The molecule has 5 heteroatoms. The van der Waals surface area contributed by atoms with Gasteiger partial charge in [0.2, 0.25) is 5.91 Å². The second kappa shape index (κ2) is 9.16. The summed E-state index contributed by atoms with van der Waals surface area (Å²) in [4.78, 5) is 13.9. The number of aryl methyl sites for hydroxylation is 1. The summed E-state index contributed by atoms with van der Waals surface area (Å²) < 4.78 is 0. The average Bonchev–Trinajstić information content (AvgIpc) is 2.56. The van der Waals surface area contributed by atoms with E-state index in [1.165, 1.54) is 5.56 Å². The lowest BCUT2D eigenvalue weighted by molar-refractivity contribution is -0.122. The average molecular weight is 315 g/mol. The zero-order chi connectivity index (χ0) is 16.5. The monoisotopic (exact) mass is 315 g/mol. The van der Waals surface area contributed by atoms with Crippen molar-refractivity contribution in [2.45, 2.75) is 32.1 Å². The Morgan fingerprint density at radius 2 is 2.00 bits per heavy atom. The Bertz CT molecular complexity index is 528. The van der Waals surface area contributed by atoms with Gasteiger partial charge in [0.15, 0.2) is 0 Å². The third-order valence-corrected chi connectivity index (χ3v) is 4.41. The number of likely N-dealkylation sites (tertiary alicyclic amines) is 1. The largest absolute Gasteiger partial charge is 0.508 e. The minimum Gasteiger partial charge on any atom is -0.508 e. The maximum absolute atomic E-state index is 11.7. The Balaban J connectivity index is 1.63. The predicted octanol–water partition coefficient (Wildman–Crippen LogP) is 2.07. The third-order valence-electron chi connectivity index (χ3n) is 4.41. The van der Waals surface area contributed by atoms with E-state index in [1.54, 1.807) is 12.1 Å². The van der Waals surface area contributed by atoms with E-state index in [9.17, 15) is 9.90 Å². The first kappa shape index (κ1) is 17.3.